The molecule has 0 radical (unpaired) electrons. The fourth-order valence-electron chi connectivity index (χ4n) is 1.25. The second-order valence-corrected chi connectivity index (χ2v) is 3.65. The first-order valence-electron chi connectivity index (χ1n) is 4.72. The monoisotopic (exact) mass is 232 g/mol. The number of hydrogen-bond donors (Lipinski definition) is 0. The van der Waals surface area contributed by atoms with Crippen LogP contribution in [0.3, 0.4) is 0 Å². The van der Waals surface area contributed by atoms with Gasteiger partial charge in [-0.15, -0.1) is 0 Å². The molecule has 0 saturated heterocycles. The summed E-state index contributed by atoms with van der Waals surface area (Å²) >= 11 is 5.74. The van der Waals surface area contributed by atoms with Crippen LogP contribution in [0.4, 0.5) is 5.69 Å². The third-order valence-electron chi connectivity index (χ3n) is 2.03. The van der Waals surface area contributed by atoms with Crippen molar-refractivity contribution < 1.29 is 4.74 Å². The molecule has 0 N–H and O–H groups in total. The molecule has 2 rings (SSSR count). The number of nitrogens with zero attached hydrogens (tertiary/aromatic N) is 2. The second kappa shape index (κ2) is 4.77. The van der Waals surface area contributed by atoms with E-state index in [9.17, 15) is 5.21 Å². The van der Waals surface area contributed by atoms with Gasteiger partial charge in [-0.25, -0.2) is 0 Å². The summed E-state index contributed by atoms with van der Waals surface area (Å²) in [6.45, 7) is 0. The van der Waals surface area contributed by atoms with E-state index in [1.165, 1.54) is 6.21 Å². The van der Waals surface area contributed by atoms with Gasteiger partial charge in [0.05, 0.1) is 5.56 Å². The predicted octanol–water partition coefficient (Wildman–Crippen LogP) is 3.00. The van der Waals surface area contributed by atoms with Gasteiger partial charge >= 0.3 is 0 Å². The molecule has 0 fully saturated rings. The van der Waals surface area contributed by atoms with E-state index in [4.69, 9.17) is 11.6 Å². The molecule has 0 aliphatic carbocycles. The molecule has 0 saturated carbocycles. The van der Waals surface area contributed by atoms with Crippen LogP contribution < -0.4 is 0 Å². The highest BCUT2D eigenvalue weighted by atomic mass is 35.5. The zero-order chi connectivity index (χ0) is 11.4. The molecule has 0 unspecified atom stereocenters. The highest BCUT2D eigenvalue weighted by Crippen LogP contribution is 2.15. The SMILES string of the molecule is [O-][N+](=Cc1cccnc1)c1ccc(Cl)cc1. The first-order valence-corrected chi connectivity index (χ1v) is 5.10. The Labute approximate surface area is 98.2 Å². The van der Waals surface area contributed by atoms with Crippen molar-refractivity contribution in [2.75, 3.05) is 0 Å². The van der Waals surface area contributed by atoms with Crippen LogP contribution in [0, 0.1) is 5.21 Å². The first kappa shape index (κ1) is 10.6. The molecule has 0 aliphatic heterocycles. The Bertz CT molecular complexity index is 494. The van der Waals surface area contributed by atoms with E-state index in [1.807, 2.05) is 6.07 Å². The van der Waals surface area contributed by atoms with Crippen molar-refractivity contribution in [2.24, 2.45) is 0 Å². The lowest BCUT2D eigenvalue weighted by atomic mass is 10.3. The molecule has 80 valence electrons. The number of halogens is 1. The lowest BCUT2D eigenvalue weighted by molar-refractivity contribution is -0.354. The summed E-state index contributed by atoms with van der Waals surface area (Å²) in [5.41, 5.74) is 1.29. The van der Waals surface area contributed by atoms with Crippen LogP contribution >= 0.6 is 11.6 Å². The number of benzene rings is 1. The average molecular weight is 233 g/mol. The number of aromatic nitrogens is 1. The van der Waals surface area contributed by atoms with Crippen molar-refractivity contribution in [2.45, 2.75) is 0 Å². The molecule has 16 heavy (non-hydrogen) atoms. The van der Waals surface area contributed by atoms with E-state index in [-0.39, 0.29) is 0 Å². The Hall–Kier alpha value is -1.87. The Morgan fingerprint density at radius 2 is 1.94 bits per heavy atom. The molecule has 1 heterocycles. The summed E-state index contributed by atoms with van der Waals surface area (Å²) < 4.78 is 0.785. The van der Waals surface area contributed by atoms with Gasteiger partial charge in [-0.3, -0.25) is 4.98 Å². The van der Waals surface area contributed by atoms with E-state index >= 15 is 0 Å². The van der Waals surface area contributed by atoms with Crippen LogP contribution in [0.15, 0.2) is 48.8 Å². The summed E-state index contributed by atoms with van der Waals surface area (Å²) in [6, 6.07) is 10.3. The summed E-state index contributed by atoms with van der Waals surface area (Å²) in [5, 5.41) is 12.3. The molecule has 2 aromatic rings. The van der Waals surface area contributed by atoms with Gasteiger partial charge in [0.25, 0.3) is 0 Å². The van der Waals surface area contributed by atoms with Gasteiger partial charge in [0.15, 0.2) is 6.21 Å². The fourth-order valence-corrected chi connectivity index (χ4v) is 1.38. The molecular weight excluding hydrogens is 224 g/mol. The van der Waals surface area contributed by atoms with Crippen LogP contribution in [0.5, 0.6) is 0 Å². The lowest BCUT2D eigenvalue weighted by Gasteiger charge is -2.02. The van der Waals surface area contributed by atoms with E-state index < -0.39 is 0 Å². The highest BCUT2D eigenvalue weighted by molar-refractivity contribution is 6.30. The van der Waals surface area contributed by atoms with Gasteiger partial charge in [-0.2, -0.15) is 4.74 Å². The minimum absolute atomic E-state index is 0.535. The molecule has 0 aliphatic rings. The third kappa shape index (κ3) is 2.58. The molecule has 0 bridgehead atoms. The van der Waals surface area contributed by atoms with Crippen molar-refractivity contribution in [3.8, 4) is 0 Å². The summed E-state index contributed by atoms with van der Waals surface area (Å²) in [7, 11) is 0. The summed E-state index contributed by atoms with van der Waals surface area (Å²) in [5.74, 6) is 0. The predicted molar refractivity (Wildman–Crippen MR) is 64.1 cm³/mol. The molecule has 0 spiro atoms. The molecule has 0 atom stereocenters. The lowest BCUT2D eigenvalue weighted by Crippen LogP contribution is -1.98. The largest absolute Gasteiger partial charge is 0.618 e. The van der Waals surface area contributed by atoms with Crippen LogP contribution in [0.1, 0.15) is 5.56 Å². The second-order valence-electron chi connectivity index (χ2n) is 3.22. The Kier molecular flexibility index (Phi) is 3.17. The maximum Gasteiger partial charge on any atom is 0.216 e. The van der Waals surface area contributed by atoms with Crippen molar-refractivity contribution >= 4 is 23.5 Å². The number of pyridine rings is 1. The maximum atomic E-state index is 11.7. The fraction of sp³-hybridized carbons (Fsp3) is 0. The van der Waals surface area contributed by atoms with Crippen molar-refractivity contribution in [3.63, 3.8) is 0 Å². The molecule has 0 amide bonds. The van der Waals surface area contributed by atoms with E-state index in [2.05, 4.69) is 4.98 Å². The van der Waals surface area contributed by atoms with Crippen molar-refractivity contribution in [1.29, 1.82) is 0 Å². The highest BCUT2D eigenvalue weighted by Gasteiger charge is 2.01. The van der Waals surface area contributed by atoms with Gasteiger partial charge in [-0.05, 0) is 24.3 Å². The number of hydrogen-bond acceptors (Lipinski definition) is 2. The maximum absolute atomic E-state index is 11.7. The minimum Gasteiger partial charge on any atom is -0.618 e. The van der Waals surface area contributed by atoms with E-state index in [1.54, 1.807) is 42.7 Å². The van der Waals surface area contributed by atoms with Gasteiger partial charge in [0, 0.05) is 29.5 Å². The summed E-state index contributed by atoms with van der Waals surface area (Å²) in [6.07, 6.45) is 4.76. The van der Waals surface area contributed by atoms with Crippen LogP contribution in [-0.4, -0.2) is 15.9 Å². The molecule has 1 aromatic heterocycles. The molecule has 1 aromatic carbocycles. The molecule has 3 nitrogen and oxygen atoms in total. The van der Waals surface area contributed by atoms with Crippen LogP contribution in [-0.2, 0) is 0 Å². The van der Waals surface area contributed by atoms with Crippen LogP contribution in [0.25, 0.3) is 0 Å². The smallest absolute Gasteiger partial charge is 0.216 e. The average Bonchev–Trinajstić information content (AvgIpc) is 2.31. The van der Waals surface area contributed by atoms with Crippen LogP contribution in [0.2, 0.25) is 5.02 Å². The van der Waals surface area contributed by atoms with Crippen molar-refractivity contribution in [3.05, 3.63) is 64.6 Å². The van der Waals surface area contributed by atoms with Gasteiger partial charge in [0.2, 0.25) is 5.69 Å². The standard InChI is InChI=1S/C12H9ClN2O/c13-11-3-5-12(6-4-11)15(16)9-10-2-1-7-14-8-10/h1-9H. The topological polar surface area (TPSA) is 39.0 Å². The Balaban J connectivity index is 2.28. The molecular formula is C12H9ClN2O. The normalized spacial score (nSPS) is 11.4. The van der Waals surface area contributed by atoms with E-state index in [0.717, 1.165) is 10.3 Å². The van der Waals surface area contributed by atoms with Gasteiger partial charge in [-0.1, -0.05) is 11.6 Å². The Morgan fingerprint density at radius 1 is 1.19 bits per heavy atom. The van der Waals surface area contributed by atoms with Gasteiger partial charge in [0.1, 0.15) is 0 Å². The zero-order valence-corrected chi connectivity index (χ0v) is 9.13. The first-order chi connectivity index (χ1) is 7.75. The zero-order valence-electron chi connectivity index (χ0n) is 8.38. The molecule has 4 heteroatoms. The minimum atomic E-state index is 0.535. The number of rotatable bonds is 2. The Morgan fingerprint density at radius 3 is 2.56 bits per heavy atom. The van der Waals surface area contributed by atoms with E-state index in [0.29, 0.717) is 10.7 Å². The quantitative estimate of drug-likeness (QED) is 0.346. The van der Waals surface area contributed by atoms with Gasteiger partial charge < -0.3 is 5.21 Å². The third-order valence-corrected chi connectivity index (χ3v) is 2.28. The van der Waals surface area contributed by atoms with Crippen molar-refractivity contribution in [1.82, 2.24) is 4.98 Å². The summed E-state index contributed by atoms with van der Waals surface area (Å²) in [4.78, 5) is 3.93.